The lowest BCUT2D eigenvalue weighted by Gasteiger charge is -2.22. The zero-order valence-electron chi connectivity index (χ0n) is 11.1. The molecule has 2 atom stereocenters. The predicted molar refractivity (Wildman–Crippen MR) is 76.9 cm³/mol. The molecule has 5 heteroatoms. The highest BCUT2D eigenvalue weighted by atomic mass is 35.5. The Labute approximate surface area is 123 Å². The van der Waals surface area contributed by atoms with E-state index in [1.807, 2.05) is 0 Å². The van der Waals surface area contributed by atoms with Gasteiger partial charge in [-0.2, -0.15) is 0 Å². The fourth-order valence-corrected chi connectivity index (χ4v) is 2.75. The highest BCUT2D eigenvalue weighted by Gasteiger charge is 2.30. The molecule has 1 aromatic rings. The van der Waals surface area contributed by atoms with Gasteiger partial charge in [0.2, 0.25) is 0 Å². The molecule has 0 aliphatic heterocycles. The molecule has 0 saturated heterocycles. The van der Waals surface area contributed by atoms with Gasteiger partial charge in [-0.25, -0.2) is 0 Å². The van der Waals surface area contributed by atoms with Crippen LogP contribution in [0.15, 0.2) is 24.3 Å². The second kappa shape index (κ2) is 6.75. The Morgan fingerprint density at radius 3 is 2.40 bits per heavy atom. The molecule has 0 bridgehead atoms. The van der Waals surface area contributed by atoms with Crippen LogP contribution in [0.4, 0.5) is 0 Å². The summed E-state index contributed by atoms with van der Waals surface area (Å²) in [6, 6.07) is 6.29. The standard InChI is InChI=1S/C15H18ClNO3/c16-11-8-6-10(7-9-11)14(18)17-13-5-3-1-2-4-12(13)15(19)20/h6-9,12-13H,1-5H2,(H,17,18)(H,19,20)/t12-,13+/m1/s1. The van der Waals surface area contributed by atoms with Crippen LogP contribution in [0.2, 0.25) is 5.02 Å². The van der Waals surface area contributed by atoms with E-state index in [-0.39, 0.29) is 11.9 Å². The largest absolute Gasteiger partial charge is 0.481 e. The zero-order chi connectivity index (χ0) is 14.5. The van der Waals surface area contributed by atoms with E-state index in [9.17, 15) is 14.7 Å². The molecule has 0 unspecified atom stereocenters. The third-order valence-corrected chi connectivity index (χ3v) is 4.01. The van der Waals surface area contributed by atoms with Gasteiger partial charge in [-0.1, -0.05) is 30.9 Å². The number of carboxylic acids is 1. The molecule has 0 radical (unpaired) electrons. The molecule has 4 nitrogen and oxygen atoms in total. The van der Waals surface area contributed by atoms with E-state index in [1.54, 1.807) is 24.3 Å². The third kappa shape index (κ3) is 3.73. The fourth-order valence-electron chi connectivity index (χ4n) is 2.63. The molecular weight excluding hydrogens is 278 g/mol. The lowest BCUT2D eigenvalue weighted by molar-refractivity contribution is -0.142. The first-order valence-electron chi connectivity index (χ1n) is 6.87. The summed E-state index contributed by atoms with van der Waals surface area (Å²) in [6.45, 7) is 0. The molecule has 0 spiro atoms. The van der Waals surface area contributed by atoms with Crippen molar-refractivity contribution in [1.29, 1.82) is 0 Å². The number of nitrogens with one attached hydrogen (secondary N) is 1. The fraction of sp³-hybridized carbons (Fsp3) is 0.467. The van der Waals surface area contributed by atoms with Gasteiger partial charge in [0.15, 0.2) is 0 Å². The van der Waals surface area contributed by atoms with E-state index in [1.165, 1.54) is 0 Å². The predicted octanol–water partition coefficient (Wildman–Crippen LogP) is 3.10. The van der Waals surface area contributed by atoms with Crippen LogP contribution >= 0.6 is 11.6 Å². The second-order valence-corrected chi connectivity index (χ2v) is 5.61. The molecule has 1 saturated carbocycles. The number of carboxylic acid groups (broad SMARTS) is 1. The maximum absolute atomic E-state index is 12.2. The van der Waals surface area contributed by atoms with Crippen LogP contribution in [0, 0.1) is 5.92 Å². The Morgan fingerprint density at radius 1 is 1.10 bits per heavy atom. The smallest absolute Gasteiger partial charge is 0.308 e. The summed E-state index contributed by atoms with van der Waals surface area (Å²) in [5.41, 5.74) is 0.503. The highest BCUT2D eigenvalue weighted by molar-refractivity contribution is 6.30. The molecule has 2 rings (SSSR count). The van der Waals surface area contributed by atoms with Gasteiger partial charge in [0, 0.05) is 16.6 Å². The summed E-state index contributed by atoms with van der Waals surface area (Å²) in [4.78, 5) is 23.5. The first kappa shape index (κ1) is 14.9. The Bertz CT molecular complexity index is 486. The van der Waals surface area contributed by atoms with Crippen molar-refractivity contribution in [2.24, 2.45) is 5.92 Å². The Kier molecular flexibility index (Phi) is 5.01. The lowest BCUT2D eigenvalue weighted by Crippen LogP contribution is -2.42. The number of aliphatic carboxylic acids is 1. The van der Waals surface area contributed by atoms with Crippen LogP contribution in [0.1, 0.15) is 42.5 Å². The van der Waals surface area contributed by atoms with Crippen molar-refractivity contribution in [2.45, 2.75) is 38.1 Å². The van der Waals surface area contributed by atoms with Gasteiger partial charge in [-0.05, 0) is 37.1 Å². The average Bonchev–Trinajstić information content (AvgIpc) is 2.65. The second-order valence-electron chi connectivity index (χ2n) is 5.17. The van der Waals surface area contributed by atoms with Crippen LogP contribution < -0.4 is 5.32 Å². The summed E-state index contributed by atoms with van der Waals surface area (Å²) in [6.07, 6.45) is 4.23. The molecule has 108 valence electrons. The number of carbonyl (C=O) groups is 2. The molecular formula is C15H18ClNO3. The SMILES string of the molecule is O=C(N[C@H]1CCCCC[C@H]1C(=O)O)c1ccc(Cl)cc1. The summed E-state index contributed by atoms with van der Waals surface area (Å²) in [5.74, 6) is -1.55. The summed E-state index contributed by atoms with van der Waals surface area (Å²) >= 11 is 5.79. The van der Waals surface area contributed by atoms with Crippen molar-refractivity contribution < 1.29 is 14.7 Å². The van der Waals surface area contributed by atoms with Gasteiger partial charge < -0.3 is 10.4 Å². The van der Waals surface area contributed by atoms with Gasteiger partial charge in [-0.15, -0.1) is 0 Å². The monoisotopic (exact) mass is 295 g/mol. The minimum Gasteiger partial charge on any atom is -0.481 e. The Balaban J connectivity index is 2.07. The van der Waals surface area contributed by atoms with Crippen molar-refractivity contribution >= 4 is 23.5 Å². The molecule has 1 fully saturated rings. The van der Waals surface area contributed by atoms with Gasteiger partial charge in [0.05, 0.1) is 5.92 Å². The van der Waals surface area contributed by atoms with E-state index >= 15 is 0 Å². The van der Waals surface area contributed by atoms with Crippen molar-refractivity contribution in [3.63, 3.8) is 0 Å². The summed E-state index contributed by atoms with van der Waals surface area (Å²) in [5, 5.41) is 12.7. The topological polar surface area (TPSA) is 66.4 Å². The minimum atomic E-state index is -0.826. The molecule has 20 heavy (non-hydrogen) atoms. The van der Waals surface area contributed by atoms with Crippen molar-refractivity contribution in [3.8, 4) is 0 Å². The Morgan fingerprint density at radius 2 is 1.75 bits per heavy atom. The maximum atomic E-state index is 12.2. The molecule has 1 amide bonds. The molecule has 2 N–H and O–H groups in total. The van der Waals surface area contributed by atoms with E-state index in [4.69, 9.17) is 11.6 Å². The van der Waals surface area contributed by atoms with Gasteiger partial charge in [0.1, 0.15) is 0 Å². The van der Waals surface area contributed by atoms with Gasteiger partial charge in [-0.3, -0.25) is 9.59 Å². The molecule has 1 aliphatic carbocycles. The molecule has 1 aliphatic rings. The van der Waals surface area contributed by atoms with Crippen LogP contribution in [-0.4, -0.2) is 23.0 Å². The Hall–Kier alpha value is -1.55. The normalized spacial score (nSPS) is 22.9. The van der Waals surface area contributed by atoms with E-state index < -0.39 is 11.9 Å². The number of hydrogen-bond donors (Lipinski definition) is 2. The quantitative estimate of drug-likeness (QED) is 0.842. The van der Waals surface area contributed by atoms with Crippen LogP contribution in [0.5, 0.6) is 0 Å². The van der Waals surface area contributed by atoms with Crippen molar-refractivity contribution in [3.05, 3.63) is 34.9 Å². The number of carbonyl (C=O) groups excluding carboxylic acids is 1. The van der Waals surface area contributed by atoms with E-state index in [0.717, 1.165) is 25.7 Å². The number of halogens is 1. The van der Waals surface area contributed by atoms with Crippen molar-refractivity contribution in [1.82, 2.24) is 5.32 Å². The summed E-state index contributed by atoms with van der Waals surface area (Å²) in [7, 11) is 0. The van der Waals surface area contributed by atoms with E-state index in [0.29, 0.717) is 17.0 Å². The molecule has 1 aromatic carbocycles. The lowest BCUT2D eigenvalue weighted by atomic mass is 9.94. The van der Waals surface area contributed by atoms with Gasteiger partial charge in [0.25, 0.3) is 5.91 Å². The van der Waals surface area contributed by atoms with E-state index in [2.05, 4.69) is 5.32 Å². The van der Waals surface area contributed by atoms with Crippen LogP contribution in [-0.2, 0) is 4.79 Å². The number of amides is 1. The number of rotatable bonds is 3. The van der Waals surface area contributed by atoms with Crippen molar-refractivity contribution in [2.75, 3.05) is 0 Å². The number of hydrogen-bond acceptors (Lipinski definition) is 2. The first-order chi connectivity index (χ1) is 9.58. The zero-order valence-corrected chi connectivity index (χ0v) is 11.9. The minimum absolute atomic E-state index is 0.236. The van der Waals surface area contributed by atoms with Crippen LogP contribution in [0.25, 0.3) is 0 Å². The molecule has 0 aromatic heterocycles. The molecule has 0 heterocycles. The highest BCUT2D eigenvalue weighted by Crippen LogP contribution is 2.24. The number of benzene rings is 1. The first-order valence-corrected chi connectivity index (χ1v) is 7.25. The average molecular weight is 296 g/mol. The van der Waals surface area contributed by atoms with Crippen LogP contribution in [0.3, 0.4) is 0 Å². The summed E-state index contributed by atoms with van der Waals surface area (Å²) < 4.78 is 0. The third-order valence-electron chi connectivity index (χ3n) is 3.76. The maximum Gasteiger partial charge on any atom is 0.308 e. The van der Waals surface area contributed by atoms with Gasteiger partial charge >= 0.3 is 5.97 Å².